The van der Waals surface area contributed by atoms with Gasteiger partial charge in [0, 0.05) is 23.7 Å². The fourth-order valence-electron chi connectivity index (χ4n) is 2.48. The minimum Gasteiger partial charge on any atom is -0.362 e. The summed E-state index contributed by atoms with van der Waals surface area (Å²) in [6, 6.07) is 4.02. The van der Waals surface area contributed by atoms with Crippen molar-refractivity contribution in [2.45, 2.75) is 18.9 Å². The molecule has 20 heavy (non-hydrogen) atoms. The normalized spacial score (nSPS) is 19.3. The topological polar surface area (TPSA) is 107 Å². The predicted octanol–water partition coefficient (Wildman–Crippen LogP) is 1.51. The highest BCUT2D eigenvalue weighted by atomic mass is 35.5. The van der Waals surface area contributed by atoms with Crippen LogP contribution in [0.1, 0.15) is 12.8 Å². The van der Waals surface area contributed by atoms with Crippen molar-refractivity contribution in [3.63, 3.8) is 0 Å². The van der Waals surface area contributed by atoms with E-state index in [0.717, 1.165) is 6.42 Å². The lowest BCUT2D eigenvalue weighted by Gasteiger charge is -2.25. The van der Waals surface area contributed by atoms with Crippen LogP contribution < -0.4 is 10.0 Å². The molecule has 1 aromatic carbocycles. The number of hydrogen-bond donors (Lipinski definition) is 1. The Kier molecular flexibility index (Phi) is 4.17. The summed E-state index contributed by atoms with van der Waals surface area (Å²) in [7, 11) is -3.63. The van der Waals surface area contributed by atoms with Crippen LogP contribution in [0.4, 0.5) is 11.4 Å². The molecule has 2 N–H and O–H groups in total. The van der Waals surface area contributed by atoms with Crippen molar-refractivity contribution >= 4 is 33.0 Å². The van der Waals surface area contributed by atoms with Gasteiger partial charge in [-0.25, -0.2) is 13.6 Å². The van der Waals surface area contributed by atoms with Gasteiger partial charge in [0.1, 0.15) is 5.69 Å². The summed E-state index contributed by atoms with van der Waals surface area (Å²) in [5.74, 6) is -0.215. The molecule has 9 heteroatoms. The minimum absolute atomic E-state index is 0.126. The molecule has 1 aromatic rings. The van der Waals surface area contributed by atoms with Crippen molar-refractivity contribution in [3.8, 4) is 0 Å². The number of halogens is 1. The predicted molar refractivity (Wildman–Crippen MR) is 76.4 cm³/mol. The Labute approximate surface area is 121 Å². The van der Waals surface area contributed by atoms with E-state index in [9.17, 15) is 18.5 Å². The smallest absolute Gasteiger partial charge is 0.294 e. The van der Waals surface area contributed by atoms with Gasteiger partial charge in [-0.05, 0) is 25.0 Å². The molecule has 7 nitrogen and oxygen atoms in total. The van der Waals surface area contributed by atoms with Crippen molar-refractivity contribution in [1.82, 2.24) is 0 Å². The van der Waals surface area contributed by atoms with Crippen molar-refractivity contribution in [2.24, 2.45) is 5.14 Å². The summed E-state index contributed by atoms with van der Waals surface area (Å²) >= 11 is 5.77. The van der Waals surface area contributed by atoms with Crippen LogP contribution in [0, 0.1) is 10.1 Å². The third-order valence-corrected chi connectivity index (χ3v) is 4.33. The van der Waals surface area contributed by atoms with Gasteiger partial charge in [-0.15, -0.1) is 0 Å². The molecule has 1 aliphatic heterocycles. The van der Waals surface area contributed by atoms with Gasteiger partial charge in [-0.2, -0.15) is 0 Å². The standard InChI is InChI=1S/C11H14ClN3O4S/c12-8-3-4-10(11(6-8)15(16)17)14-5-1-2-9(14)7-20(13,18)19/h3-4,6,9H,1-2,5,7H2,(H2,13,18,19). The van der Waals surface area contributed by atoms with E-state index in [1.165, 1.54) is 6.07 Å². The second-order valence-electron chi connectivity index (χ2n) is 4.71. The second-order valence-corrected chi connectivity index (χ2v) is 6.80. The van der Waals surface area contributed by atoms with Crippen LogP contribution in [0.5, 0.6) is 0 Å². The van der Waals surface area contributed by atoms with Crippen LogP contribution in [-0.4, -0.2) is 31.7 Å². The maximum Gasteiger partial charge on any atom is 0.294 e. The molecule has 1 fully saturated rings. The zero-order chi connectivity index (χ0) is 14.9. The summed E-state index contributed by atoms with van der Waals surface area (Å²) in [4.78, 5) is 12.3. The molecule has 1 saturated heterocycles. The average molecular weight is 320 g/mol. The second kappa shape index (κ2) is 5.55. The number of sulfonamides is 1. The summed E-state index contributed by atoms with van der Waals surface area (Å²) in [5, 5.41) is 16.4. The Morgan fingerprint density at radius 3 is 2.80 bits per heavy atom. The fraction of sp³-hybridized carbons (Fsp3) is 0.455. The zero-order valence-corrected chi connectivity index (χ0v) is 12.1. The number of anilines is 1. The quantitative estimate of drug-likeness (QED) is 0.668. The Bertz CT molecular complexity index is 635. The van der Waals surface area contributed by atoms with Crippen molar-refractivity contribution in [3.05, 3.63) is 33.3 Å². The molecule has 0 radical (unpaired) electrons. The van der Waals surface area contributed by atoms with Gasteiger partial charge < -0.3 is 4.90 Å². The lowest BCUT2D eigenvalue weighted by molar-refractivity contribution is -0.384. The summed E-state index contributed by atoms with van der Waals surface area (Å²) < 4.78 is 22.5. The van der Waals surface area contributed by atoms with Crippen LogP contribution in [0.2, 0.25) is 5.02 Å². The Morgan fingerprint density at radius 1 is 1.50 bits per heavy atom. The summed E-state index contributed by atoms with van der Waals surface area (Å²) in [6.45, 7) is 0.558. The number of nitro groups is 1. The largest absolute Gasteiger partial charge is 0.362 e. The highest BCUT2D eigenvalue weighted by Gasteiger charge is 2.32. The number of nitrogens with zero attached hydrogens (tertiary/aromatic N) is 2. The first-order valence-electron chi connectivity index (χ1n) is 5.99. The van der Waals surface area contributed by atoms with E-state index in [1.807, 2.05) is 0 Å². The van der Waals surface area contributed by atoms with E-state index in [2.05, 4.69) is 0 Å². The molecule has 110 valence electrons. The van der Waals surface area contributed by atoms with Gasteiger partial charge in [0.05, 0.1) is 10.7 Å². The monoisotopic (exact) mass is 319 g/mol. The molecule has 1 aliphatic rings. The molecule has 2 rings (SSSR count). The molecular weight excluding hydrogens is 306 g/mol. The summed E-state index contributed by atoms with van der Waals surface area (Å²) in [5.41, 5.74) is 0.254. The van der Waals surface area contributed by atoms with Crippen LogP contribution in [0.25, 0.3) is 0 Å². The van der Waals surface area contributed by atoms with Gasteiger partial charge in [0.15, 0.2) is 0 Å². The third kappa shape index (κ3) is 3.38. The molecule has 1 unspecified atom stereocenters. The van der Waals surface area contributed by atoms with Crippen LogP contribution >= 0.6 is 11.6 Å². The van der Waals surface area contributed by atoms with Gasteiger partial charge in [-0.1, -0.05) is 11.6 Å². The Hall–Kier alpha value is -1.38. The lowest BCUT2D eigenvalue weighted by atomic mass is 10.2. The Morgan fingerprint density at radius 2 is 2.20 bits per heavy atom. The van der Waals surface area contributed by atoms with Crippen LogP contribution in [-0.2, 0) is 10.0 Å². The van der Waals surface area contributed by atoms with E-state index < -0.39 is 14.9 Å². The molecule has 0 amide bonds. The van der Waals surface area contributed by atoms with E-state index in [1.54, 1.807) is 17.0 Å². The maximum atomic E-state index is 11.2. The van der Waals surface area contributed by atoms with Gasteiger partial charge >= 0.3 is 0 Å². The Balaban J connectivity index is 2.37. The summed E-state index contributed by atoms with van der Waals surface area (Å²) in [6.07, 6.45) is 1.40. The zero-order valence-electron chi connectivity index (χ0n) is 10.5. The third-order valence-electron chi connectivity index (χ3n) is 3.25. The molecule has 0 bridgehead atoms. The van der Waals surface area contributed by atoms with Crippen molar-refractivity contribution in [2.75, 3.05) is 17.2 Å². The first kappa shape index (κ1) is 15.0. The number of benzene rings is 1. The molecule has 0 spiro atoms. The maximum absolute atomic E-state index is 11.2. The molecule has 1 heterocycles. The van der Waals surface area contributed by atoms with E-state index in [4.69, 9.17) is 16.7 Å². The number of nitrogens with two attached hydrogens (primary N) is 1. The SMILES string of the molecule is NS(=O)(=O)CC1CCCN1c1ccc(Cl)cc1[N+](=O)[O-]. The number of primary sulfonamides is 1. The lowest BCUT2D eigenvalue weighted by Crippen LogP contribution is -2.37. The van der Waals surface area contributed by atoms with E-state index in [-0.39, 0.29) is 22.5 Å². The average Bonchev–Trinajstić information content (AvgIpc) is 2.74. The number of rotatable bonds is 4. The van der Waals surface area contributed by atoms with Crippen molar-refractivity contribution < 1.29 is 13.3 Å². The number of nitro benzene ring substituents is 1. The highest BCUT2D eigenvalue weighted by molar-refractivity contribution is 7.89. The minimum atomic E-state index is -3.63. The number of hydrogen-bond acceptors (Lipinski definition) is 5. The fourth-order valence-corrected chi connectivity index (χ4v) is 3.53. The molecule has 0 aliphatic carbocycles. The van der Waals surface area contributed by atoms with E-state index in [0.29, 0.717) is 18.7 Å². The van der Waals surface area contributed by atoms with Gasteiger partial charge in [-0.3, -0.25) is 10.1 Å². The van der Waals surface area contributed by atoms with Crippen molar-refractivity contribution in [1.29, 1.82) is 0 Å². The molecule has 0 saturated carbocycles. The first-order chi connectivity index (χ1) is 9.28. The molecule has 1 atom stereocenters. The molecule has 0 aromatic heterocycles. The van der Waals surface area contributed by atoms with Crippen LogP contribution in [0.15, 0.2) is 18.2 Å². The van der Waals surface area contributed by atoms with Crippen LogP contribution in [0.3, 0.4) is 0 Å². The highest BCUT2D eigenvalue weighted by Crippen LogP contribution is 2.35. The molecular formula is C11H14ClN3O4S. The van der Waals surface area contributed by atoms with Gasteiger partial charge in [0.2, 0.25) is 10.0 Å². The van der Waals surface area contributed by atoms with E-state index >= 15 is 0 Å². The van der Waals surface area contributed by atoms with Gasteiger partial charge in [0.25, 0.3) is 5.69 Å². The first-order valence-corrected chi connectivity index (χ1v) is 8.08.